The molecule has 3 rings (SSSR count). The third-order valence-electron chi connectivity index (χ3n) is 4.27. The summed E-state index contributed by atoms with van der Waals surface area (Å²) in [5.41, 5.74) is 4.88. The maximum absolute atomic E-state index is 9.47. The first kappa shape index (κ1) is 14.8. The third kappa shape index (κ3) is 2.80. The van der Waals surface area contributed by atoms with E-state index in [4.69, 9.17) is 0 Å². The average molecular weight is 296 g/mol. The van der Waals surface area contributed by atoms with Gasteiger partial charge in [0.2, 0.25) is 0 Å². The summed E-state index contributed by atoms with van der Waals surface area (Å²) in [7, 11) is 0. The van der Waals surface area contributed by atoms with Gasteiger partial charge in [-0.25, -0.2) is 0 Å². The topological polar surface area (TPSA) is 47.6 Å². The highest BCUT2D eigenvalue weighted by atomic mass is 14.3. The summed E-state index contributed by atoms with van der Waals surface area (Å²) in [6, 6.07) is 22.3. The molecule has 2 nitrogen and oxygen atoms in total. The lowest BCUT2D eigenvalue weighted by atomic mass is 9.90. The van der Waals surface area contributed by atoms with Gasteiger partial charge in [-0.3, -0.25) is 0 Å². The van der Waals surface area contributed by atoms with Crippen molar-refractivity contribution in [2.24, 2.45) is 0 Å². The Hall–Kier alpha value is -3.10. The maximum atomic E-state index is 9.47. The van der Waals surface area contributed by atoms with Crippen LogP contribution in [0.3, 0.4) is 0 Å². The van der Waals surface area contributed by atoms with E-state index in [9.17, 15) is 10.5 Å². The zero-order valence-corrected chi connectivity index (χ0v) is 13.0. The molecule has 110 valence electrons. The van der Waals surface area contributed by atoms with Gasteiger partial charge in [0.25, 0.3) is 0 Å². The summed E-state index contributed by atoms with van der Waals surface area (Å²) < 4.78 is 0. The highest BCUT2D eigenvalue weighted by Crippen LogP contribution is 2.29. The Morgan fingerprint density at radius 3 is 2.17 bits per heavy atom. The lowest BCUT2D eigenvalue weighted by Gasteiger charge is -2.13. The van der Waals surface area contributed by atoms with Crippen molar-refractivity contribution in [1.29, 1.82) is 10.5 Å². The van der Waals surface area contributed by atoms with E-state index in [0.29, 0.717) is 11.1 Å². The Kier molecular flexibility index (Phi) is 4.09. The Balaban J connectivity index is 2.14. The standard InChI is InChI=1S/C21H16N2/c1-15-7-11-20-17(13-22)9-10-18(14-23)21(20)19(15)12-8-16-5-3-2-4-6-16/h2-7,9-11H,8,12H2,1H3. The molecule has 0 saturated carbocycles. The van der Waals surface area contributed by atoms with Crippen LogP contribution in [-0.4, -0.2) is 0 Å². The van der Waals surface area contributed by atoms with Crippen LogP contribution < -0.4 is 0 Å². The molecule has 0 unspecified atom stereocenters. The molecule has 0 aliphatic heterocycles. The fourth-order valence-corrected chi connectivity index (χ4v) is 3.05. The van der Waals surface area contributed by atoms with Gasteiger partial charge in [-0.2, -0.15) is 10.5 Å². The Morgan fingerprint density at radius 1 is 0.783 bits per heavy atom. The molecule has 0 aliphatic carbocycles. The van der Waals surface area contributed by atoms with Crippen molar-refractivity contribution in [2.45, 2.75) is 19.8 Å². The normalized spacial score (nSPS) is 10.2. The number of nitrogens with zero attached hydrogens (tertiary/aromatic N) is 2. The van der Waals surface area contributed by atoms with Gasteiger partial charge in [-0.15, -0.1) is 0 Å². The van der Waals surface area contributed by atoms with Crippen LogP contribution in [0.1, 0.15) is 27.8 Å². The van der Waals surface area contributed by atoms with Gasteiger partial charge >= 0.3 is 0 Å². The first-order valence-corrected chi connectivity index (χ1v) is 7.64. The lowest BCUT2D eigenvalue weighted by molar-refractivity contribution is 0.958. The first-order chi connectivity index (χ1) is 11.2. The molecule has 0 radical (unpaired) electrons. The van der Waals surface area contributed by atoms with Gasteiger partial charge in [0.1, 0.15) is 0 Å². The number of fused-ring (bicyclic) bond motifs is 1. The average Bonchev–Trinajstić information content (AvgIpc) is 2.60. The second-order valence-electron chi connectivity index (χ2n) is 5.65. The summed E-state index contributed by atoms with van der Waals surface area (Å²) in [5.74, 6) is 0. The second-order valence-corrected chi connectivity index (χ2v) is 5.65. The van der Waals surface area contributed by atoms with Crippen molar-refractivity contribution < 1.29 is 0 Å². The van der Waals surface area contributed by atoms with Gasteiger partial charge in [0.15, 0.2) is 0 Å². The van der Waals surface area contributed by atoms with Crippen molar-refractivity contribution in [3.05, 3.63) is 82.4 Å². The van der Waals surface area contributed by atoms with Crippen LogP contribution in [-0.2, 0) is 12.8 Å². The molecule has 3 aromatic rings. The van der Waals surface area contributed by atoms with E-state index in [-0.39, 0.29) is 0 Å². The van der Waals surface area contributed by atoms with Crippen LogP contribution in [0, 0.1) is 29.6 Å². The zero-order valence-electron chi connectivity index (χ0n) is 13.0. The summed E-state index contributed by atoms with van der Waals surface area (Å²) in [6.07, 6.45) is 1.78. The molecular formula is C21H16N2. The zero-order chi connectivity index (χ0) is 16.2. The van der Waals surface area contributed by atoms with Crippen LogP contribution >= 0.6 is 0 Å². The van der Waals surface area contributed by atoms with E-state index >= 15 is 0 Å². The van der Waals surface area contributed by atoms with E-state index < -0.39 is 0 Å². The van der Waals surface area contributed by atoms with Gasteiger partial charge < -0.3 is 0 Å². The minimum atomic E-state index is 0.625. The third-order valence-corrected chi connectivity index (χ3v) is 4.27. The van der Waals surface area contributed by atoms with Crippen molar-refractivity contribution in [1.82, 2.24) is 0 Å². The fourth-order valence-electron chi connectivity index (χ4n) is 3.05. The highest BCUT2D eigenvalue weighted by Gasteiger charge is 2.12. The molecule has 0 heterocycles. The summed E-state index contributed by atoms with van der Waals surface area (Å²) in [4.78, 5) is 0. The quantitative estimate of drug-likeness (QED) is 0.704. The molecule has 0 aromatic heterocycles. The molecule has 0 bridgehead atoms. The predicted molar refractivity (Wildman–Crippen MR) is 92.0 cm³/mol. The number of benzene rings is 3. The van der Waals surface area contributed by atoms with E-state index in [1.807, 2.05) is 30.3 Å². The second kappa shape index (κ2) is 6.34. The van der Waals surface area contributed by atoms with Gasteiger partial charge in [0, 0.05) is 10.8 Å². The van der Waals surface area contributed by atoms with Crippen molar-refractivity contribution in [3.63, 3.8) is 0 Å². The van der Waals surface area contributed by atoms with Crippen LogP contribution in [0.2, 0.25) is 0 Å². The lowest BCUT2D eigenvalue weighted by Crippen LogP contribution is -1.98. The largest absolute Gasteiger partial charge is 0.192 e. The molecule has 0 aliphatic rings. The molecule has 2 heteroatoms. The monoisotopic (exact) mass is 296 g/mol. The van der Waals surface area contributed by atoms with E-state index in [2.05, 4.69) is 31.2 Å². The molecule has 0 amide bonds. The molecule has 0 fully saturated rings. The summed E-state index contributed by atoms with van der Waals surface area (Å²) in [6.45, 7) is 2.07. The highest BCUT2D eigenvalue weighted by molar-refractivity contribution is 5.95. The molecule has 0 spiro atoms. The number of hydrogen-bond acceptors (Lipinski definition) is 2. The van der Waals surface area contributed by atoms with Gasteiger partial charge in [-0.05, 0) is 48.6 Å². The minimum Gasteiger partial charge on any atom is -0.192 e. The van der Waals surface area contributed by atoms with Gasteiger partial charge in [0.05, 0.1) is 23.3 Å². The molecular weight excluding hydrogens is 280 g/mol. The molecule has 0 atom stereocenters. The SMILES string of the molecule is Cc1ccc2c(C#N)ccc(C#N)c2c1CCc1ccccc1. The van der Waals surface area contributed by atoms with Crippen LogP contribution in [0.4, 0.5) is 0 Å². The first-order valence-electron chi connectivity index (χ1n) is 7.64. The minimum absolute atomic E-state index is 0.625. The maximum Gasteiger partial charge on any atom is 0.0998 e. The Bertz CT molecular complexity index is 941. The molecule has 3 aromatic carbocycles. The van der Waals surface area contributed by atoms with Crippen LogP contribution in [0.25, 0.3) is 10.8 Å². The molecule has 23 heavy (non-hydrogen) atoms. The fraction of sp³-hybridized carbons (Fsp3) is 0.143. The number of nitriles is 2. The van der Waals surface area contributed by atoms with Crippen molar-refractivity contribution in [2.75, 3.05) is 0 Å². The smallest absolute Gasteiger partial charge is 0.0998 e. The van der Waals surface area contributed by atoms with Crippen LogP contribution in [0.5, 0.6) is 0 Å². The number of aryl methyl sites for hydroxylation is 3. The molecule has 0 saturated heterocycles. The predicted octanol–water partition coefficient (Wildman–Crippen LogP) is 4.68. The van der Waals surface area contributed by atoms with Crippen molar-refractivity contribution >= 4 is 10.8 Å². The van der Waals surface area contributed by atoms with E-state index in [0.717, 1.165) is 23.6 Å². The Morgan fingerprint density at radius 2 is 1.48 bits per heavy atom. The number of hydrogen-bond donors (Lipinski definition) is 0. The van der Waals surface area contributed by atoms with Gasteiger partial charge in [-0.1, -0.05) is 42.5 Å². The summed E-state index contributed by atoms with van der Waals surface area (Å²) >= 11 is 0. The molecule has 0 N–H and O–H groups in total. The summed E-state index contributed by atoms with van der Waals surface area (Å²) in [5, 5.41) is 20.6. The van der Waals surface area contributed by atoms with Crippen LogP contribution in [0.15, 0.2) is 54.6 Å². The van der Waals surface area contributed by atoms with Crippen molar-refractivity contribution in [3.8, 4) is 12.1 Å². The number of rotatable bonds is 3. The van der Waals surface area contributed by atoms with E-state index in [1.165, 1.54) is 16.7 Å². The Labute approximate surface area is 136 Å². The van der Waals surface area contributed by atoms with E-state index in [1.54, 1.807) is 12.1 Å².